The van der Waals surface area contributed by atoms with Gasteiger partial charge in [0.2, 0.25) is 0 Å². The summed E-state index contributed by atoms with van der Waals surface area (Å²) < 4.78 is 0. The zero-order chi connectivity index (χ0) is 12.5. The van der Waals surface area contributed by atoms with Crippen LogP contribution in [0, 0.1) is 13.8 Å². The van der Waals surface area contributed by atoms with E-state index in [1.54, 1.807) is 11.3 Å². The highest BCUT2D eigenvalue weighted by atomic mass is 32.1. The fraction of sp³-hybridized carbons (Fsp3) is 0.357. The predicted molar refractivity (Wildman–Crippen MR) is 78.1 cm³/mol. The molecular formula is C14H17N3S. The number of aryl methyl sites for hydroxylation is 3. The summed E-state index contributed by atoms with van der Waals surface area (Å²) in [6, 6.07) is 6.50. The maximum absolute atomic E-state index is 4.51. The van der Waals surface area contributed by atoms with E-state index in [2.05, 4.69) is 40.7 Å². The number of anilines is 3. The maximum Gasteiger partial charge on any atom is 0.187 e. The molecule has 0 aliphatic carbocycles. The van der Waals surface area contributed by atoms with Gasteiger partial charge in [-0.05, 0) is 50.5 Å². The van der Waals surface area contributed by atoms with E-state index in [4.69, 9.17) is 0 Å². The van der Waals surface area contributed by atoms with Crippen molar-refractivity contribution in [3.8, 4) is 0 Å². The number of hydrogen-bond donors (Lipinski definition) is 2. The van der Waals surface area contributed by atoms with Crippen molar-refractivity contribution in [2.45, 2.75) is 26.7 Å². The van der Waals surface area contributed by atoms with Crippen molar-refractivity contribution in [1.82, 2.24) is 4.98 Å². The third-order valence-electron chi connectivity index (χ3n) is 3.32. The van der Waals surface area contributed by atoms with E-state index in [9.17, 15) is 0 Å². The summed E-state index contributed by atoms with van der Waals surface area (Å²) in [5, 5.41) is 7.80. The van der Waals surface area contributed by atoms with Crippen molar-refractivity contribution in [2.75, 3.05) is 17.2 Å². The molecule has 18 heavy (non-hydrogen) atoms. The Bertz CT molecular complexity index is 555. The van der Waals surface area contributed by atoms with E-state index in [1.807, 2.05) is 6.92 Å². The molecule has 1 aliphatic rings. The Labute approximate surface area is 111 Å². The molecule has 0 fully saturated rings. The van der Waals surface area contributed by atoms with Crippen molar-refractivity contribution in [3.05, 3.63) is 34.3 Å². The second-order valence-electron chi connectivity index (χ2n) is 4.69. The van der Waals surface area contributed by atoms with Gasteiger partial charge < -0.3 is 10.6 Å². The van der Waals surface area contributed by atoms with Crippen LogP contribution in [-0.4, -0.2) is 11.5 Å². The van der Waals surface area contributed by atoms with Crippen molar-refractivity contribution < 1.29 is 0 Å². The first kappa shape index (κ1) is 11.5. The van der Waals surface area contributed by atoms with Gasteiger partial charge in [-0.1, -0.05) is 0 Å². The highest BCUT2D eigenvalue weighted by Crippen LogP contribution is 2.29. The van der Waals surface area contributed by atoms with Crippen LogP contribution in [0.4, 0.5) is 16.5 Å². The molecule has 2 N–H and O–H groups in total. The lowest BCUT2D eigenvalue weighted by Crippen LogP contribution is -2.11. The number of aromatic nitrogens is 1. The highest BCUT2D eigenvalue weighted by Gasteiger charge is 2.09. The third kappa shape index (κ3) is 2.20. The number of thiazole rings is 1. The molecule has 0 amide bonds. The summed E-state index contributed by atoms with van der Waals surface area (Å²) in [6.07, 6.45) is 2.37. The van der Waals surface area contributed by atoms with Gasteiger partial charge in [0, 0.05) is 22.8 Å². The van der Waals surface area contributed by atoms with Crippen molar-refractivity contribution in [2.24, 2.45) is 0 Å². The van der Waals surface area contributed by atoms with Gasteiger partial charge in [0.15, 0.2) is 5.13 Å². The van der Waals surface area contributed by atoms with Crippen molar-refractivity contribution in [3.63, 3.8) is 0 Å². The molecule has 3 rings (SSSR count). The largest absolute Gasteiger partial charge is 0.385 e. The summed E-state index contributed by atoms with van der Waals surface area (Å²) in [5.41, 5.74) is 4.92. The fourth-order valence-corrected chi connectivity index (χ4v) is 3.04. The Hall–Kier alpha value is -1.55. The molecular weight excluding hydrogens is 242 g/mol. The van der Waals surface area contributed by atoms with E-state index < -0.39 is 0 Å². The number of hydrogen-bond acceptors (Lipinski definition) is 4. The molecule has 4 heteroatoms. The Morgan fingerprint density at radius 3 is 3.00 bits per heavy atom. The van der Waals surface area contributed by atoms with Gasteiger partial charge in [-0.15, -0.1) is 11.3 Å². The first-order chi connectivity index (χ1) is 8.72. The molecule has 0 radical (unpaired) electrons. The van der Waals surface area contributed by atoms with Crippen molar-refractivity contribution in [1.29, 1.82) is 0 Å². The van der Waals surface area contributed by atoms with Gasteiger partial charge in [-0.2, -0.15) is 0 Å². The van der Waals surface area contributed by atoms with Crippen LogP contribution in [-0.2, 0) is 6.42 Å². The minimum atomic E-state index is 0.980. The molecule has 0 saturated heterocycles. The van der Waals surface area contributed by atoms with Gasteiger partial charge in [0.25, 0.3) is 0 Å². The quantitative estimate of drug-likeness (QED) is 0.860. The van der Waals surface area contributed by atoms with Crippen LogP contribution in [0.1, 0.15) is 22.6 Å². The van der Waals surface area contributed by atoms with Crippen LogP contribution in [0.15, 0.2) is 18.2 Å². The van der Waals surface area contributed by atoms with Gasteiger partial charge in [0.05, 0.1) is 5.69 Å². The monoisotopic (exact) mass is 259 g/mol. The van der Waals surface area contributed by atoms with E-state index in [1.165, 1.54) is 22.5 Å². The summed E-state index contributed by atoms with van der Waals surface area (Å²) in [4.78, 5) is 5.78. The Kier molecular flexibility index (Phi) is 2.96. The minimum Gasteiger partial charge on any atom is -0.385 e. The number of rotatable bonds is 2. The number of nitrogens with one attached hydrogen (secondary N) is 2. The predicted octanol–water partition coefficient (Wildman–Crippen LogP) is 3.86. The van der Waals surface area contributed by atoms with Crippen LogP contribution in [0.3, 0.4) is 0 Å². The average Bonchev–Trinajstić information content (AvgIpc) is 2.68. The molecule has 0 spiro atoms. The van der Waals surface area contributed by atoms with Crippen molar-refractivity contribution >= 4 is 27.8 Å². The fourth-order valence-electron chi connectivity index (χ4n) is 2.20. The molecule has 1 aromatic heterocycles. The van der Waals surface area contributed by atoms with E-state index >= 15 is 0 Å². The first-order valence-electron chi connectivity index (χ1n) is 6.30. The zero-order valence-corrected chi connectivity index (χ0v) is 11.5. The number of fused-ring (bicyclic) bond motifs is 1. The highest BCUT2D eigenvalue weighted by molar-refractivity contribution is 7.15. The van der Waals surface area contributed by atoms with Gasteiger partial charge >= 0.3 is 0 Å². The number of benzene rings is 1. The summed E-state index contributed by atoms with van der Waals surface area (Å²) in [5.74, 6) is 0. The van der Waals surface area contributed by atoms with Crippen LogP contribution in [0.25, 0.3) is 0 Å². The molecule has 0 atom stereocenters. The van der Waals surface area contributed by atoms with Crippen LogP contribution in [0.2, 0.25) is 0 Å². The second-order valence-corrected chi connectivity index (χ2v) is 5.89. The Balaban J connectivity index is 1.84. The number of nitrogens with zero attached hydrogens (tertiary/aromatic N) is 1. The zero-order valence-electron chi connectivity index (χ0n) is 10.7. The minimum absolute atomic E-state index is 0.980. The lowest BCUT2D eigenvalue weighted by Gasteiger charge is -2.18. The smallest absolute Gasteiger partial charge is 0.187 e. The molecule has 0 unspecified atom stereocenters. The van der Waals surface area contributed by atoms with Gasteiger partial charge in [-0.25, -0.2) is 4.98 Å². The lowest BCUT2D eigenvalue weighted by atomic mass is 10.0. The molecule has 3 nitrogen and oxygen atoms in total. The SMILES string of the molecule is Cc1nc(Nc2ccc3c(c2)CCCN3)sc1C. The average molecular weight is 259 g/mol. The van der Waals surface area contributed by atoms with Crippen LogP contribution in [0.5, 0.6) is 0 Å². The molecule has 1 aromatic carbocycles. The second kappa shape index (κ2) is 4.61. The molecule has 94 valence electrons. The van der Waals surface area contributed by atoms with Crippen LogP contribution < -0.4 is 10.6 Å². The molecule has 0 bridgehead atoms. The topological polar surface area (TPSA) is 37.0 Å². The van der Waals surface area contributed by atoms with E-state index in [-0.39, 0.29) is 0 Å². The molecule has 1 aliphatic heterocycles. The first-order valence-corrected chi connectivity index (χ1v) is 7.12. The standard InChI is InChI=1S/C14H17N3S/c1-9-10(2)18-14(16-9)17-12-5-6-13-11(8-12)4-3-7-15-13/h5-6,8,15H,3-4,7H2,1-2H3,(H,16,17). The molecule has 2 heterocycles. The van der Waals surface area contributed by atoms with Gasteiger partial charge in [-0.3, -0.25) is 0 Å². The maximum atomic E-state index is 4.51. The molecule has 0 saturated carbocycles. The summed E-state index contributed by atoms with van der Waals surface area (Å²) in [7, 11) is 0. The molecule has 2 aromatic rings. The van der Waals surface area contributed by atoms with E-state index in [0.717, 1.165) is 29.5 Å². The Morgan fingerprint density at radius 2 is 2.22 bits per heavy atom. The van der Waals surface area contributed by atoms with Crippen LogP contribution >= 0.6 is 11.3 Å². The lowest BCUT2D eigenvalue weighted by molar-refractivity contribution is 0.830. The van der Waals surface area contributed by atoms with E-state index in [0.29, 0.717) is 0 Å². The summed E-state index contributed by atoms with van der Waals surface area (Å²) in [6.45, 7) is 5.24. The summed E-state index contributed by atoms with van der Waals surface area (Å²) >= 11 is 1.71. The Morgan fingerprint density at radius 1 is 1.33 bits per heavy atom. The normalized spacial score (nSPS) is 13.9. The third-order valence-corrected chi connectivity index (χ3v) is 4.31. The van der Waals surface area contributed by atoms with Gasteiger partial charge in [0.1, 0.15) is 0 Å².